The van der Waals surface area contributed by atoms with Gasteiger partial charge in [0.1, 0.15) is 5.82 Å². The highest BCUT2D eigenvalue weighted by atomic mass is 35.5. The van der Waals surface area contributed by atoms with E-state index < -0.39 is 15.8 Å². The summed E-state index contributed by atoms with van der Waals surface area (Å²) in [6, 6.07) is 11.5. The van der Waals surface area contributed by atoms with Crippen molar-refractivity contribution in [2.24, 2.45) is 5.92 Å². The van der Waals surface area contributed by atoms with Crippen LogP contribution in [-0.2, 0) is 14.8 Å². The van der Waals surface area contributed by atoms with Crippen molar-refractivity contribution in [3.8, 4) is 0 Å². The maximum absolute atomic E-state index is 12.9. The van der Waals surface area contributed by atoms with Crippen molar-refractivity contribution >= 4 is 33.2 Å². The second-order valence-electron chi connectivity index (χ2n) is 5.86. The average molecular weight is 383 g/mol. The Morgan fingerprint density at radius 3 is 2.40 bits per heavy atom. The molecular weight excluding hydrogens is 367 g/mol. The van der Waals surface area contributed by atoms with Crippen molar-refractivity contribution in [3.63, 3.8) is 0 Å². The van der Waals surface area contributed by atoms with E-state index in [2.05, 4.69) is 4.72 Å². The Balaban J connectivity index is 1.63. The standard InChI is InChI=1S/C17H16ClFN2O3S/c18-13-1-5-15(6-2-13)21-11-12(9-17(21)22)10-20-25(23,24)16-7-3-14(19)4-8-16/h1-8,12,20H,9-11H2/t12-/m1/s1. The summed E-state index contributed by atoms with van der Waals surface area (Å²) in [6.07, 6.45) is 0.258. The number of rotatable bonds is 5. The van der Waals surface area contributed by atoms with Gasteiger partial charge in [-0.05, 0) is 54.4 Å². The number of amides is 1. The molecule has 2 aromatic carbocycles. The largest absolute Gasteiger partial charge is 0.312 e. The van der Waals surface area contributed by atoms with E-state index >= 15 is 0 Å². The van der Waals surface area contributed by atoms with E-state index in [4.69, 9.17) is 11.6 Å². The summed E-state index contributed by atoms with van der Waals surface area (Å²) >= 11 is 5.85. The van der Waals surface area contributed by atoms with Gasteiger partial charge in [-0.1, -0.05) is 11.6 Å². The minimum atomic E-state index is -3.73. The molecule has 0 spiro atoms. The monoisotopic (exact) mass is 382 g/mol. The van der Waals surface area contributed by atoms with E-state index in [0.717, 1.165) is 17.8 Å². The van der Waals surface area contributed by atoms with Gasteiger partial charge in [0.15, 0.2) is 0 Å². The first-order valence-corrected chi connectivity index (χ1v) is 9.52. The highest BCUT2D eigenvalue weighted by molar-refractivity contribution is 7.89. The van der Waals surface area contributed by atoms with Gasteiger partial charge in [-0.3, -0.25) is 4.79 Å². The van der Waals surface area contributed by atoms with Gasteiger partial charge in [0, 0.05) is 30.2 Å². The number of nitrogens with one attached hydrogen (secondary N) is 1. The molecule has 25 heavy (non-hydrogen) atoms. The van der Waals surface area contributed by atoms with Crippen LogP contribution in [0.3, 0.4) is 0 Å². The molecule has 0 aromatic heterocycles. The summed E-state index contributed by atoms with van der Waals surface area (Å²) in [5.74, 6) is -0.703. The lowest BCUT2D eigenvalue weighted by atomic mass is 10.1. The zero-order valence-electron chi connectivity index (χ0n) is 13.2. The van der Waals surface area contributed by atoms with Crippen LogP contribution >= 0.6 is 11.6 Å². The molecule has 1 N–H and O–H groups in total. The van der Waals surface area contributed by atoms with Gasteiger partial charge in [-0.2, -0.15) is 0 Å². The summed E-state index contributed by atoms with van der Waals surface area (Å²) in [4.78, 5) is 13.8. The highest BCUT2D eigenvalue weighted by Gasteiger charge is 2.31. The van der Waals surface area contributed by atoms with Crippen LogP contribution in [0.2, 0.25) is 5.02 Å². The van der Waals surface area contributed by atoms with Crippen LogP contribution in [-0.4, -0.2) is 27.4 Å². The summed E-state index contributed by atoms with van der Waals surface area (Å²) in [7, 11) is -3.73. The highest BCUT2D eigenvalue weighted by Crippen LogP contribution is 2.26. The molecule has 0 unspecified atom stereocenters. The summed E-state index contributed by atoms with van der Waals surface area (Å²) in [6.45, 7) is 0.557. The molecule has 1 fully saturated rings. The molecule has 0 bridgehead atoms. The first kappa shape index (κ1) is 17.8. The average Bonchev–Trinajstić information content (AvgIpc) is 2.95. The number of sulfonamides is 1. The third-order valence-corrected chi connectivity index (χ3v) is 5.72. The van der Waals surface area contributed by atoms with E-state index in [9.17, 15) is 17.6 Å². The Morgan fingerprint density at radius 2 is 1.76 bits per heavy atom. The predicted molar refractivity (Wildman–Crippen MR) is 93.5 cm³/mol. The molecule has 0 saturated carbocycles. The quantitative estimate of drug-likeness (QED) is 0.864. The number of benzene rings is 2. The Morgan fingerprint density at radius 1 is 1.12 bits per heavy atom. The molecule has 1 saturated heterocycles. The number of hydrogen-bond donors (Lipinski definition) is 1. The Kier molecular flexibility index (Phi) is 5.08. The molecule has 1 aliphatic rings. The smallest absolute Gasteiger partial charge is 0.240 e. The zero-order chi connectivity index (χ0) is 18.0. The molecule has 1 heterocycles. The van der Waals surface area contributed by atoms with Crippen molar-refractivity contribution in [3.05, 3.63) is 59.4 Å². The lowest BCUT2D eigenvalue weighted by molar-refractivity contribution is -0.117. The maximum Gasteiger partial charge on any atom is 0.240 e. The molecule has 2 aromatic rings. The van der Waals surface area contributed by atoms with Crippen LogP contribution in [0.5, 0.6) is 0 Å². The molecule has 1 aliphatic heterocycles. The van der Waals surface area contributed by atoms with Crippen LogP contribution in [0.25, 0.3) is 0 Å². The van der Waals surface area contributed by atoms with E-state index in [1.807, 2.05) is 0 Å². The van der Waals surface area contributed by atoms with Crippen molar-refractivity contribution in [1.82, 2.24) is 4.72 Å². The van der Waals surface area contributed by atoms with Crippen LogP contribution in [0.1, 0.15) is 6.42 Å². The fourth-order valence-corrected chi connectivity index (χ4v) is 3.96. The first-order valence-electron chi connectivity index (χ1n) is 7.66. The third kappa shape index (κ3) is 4.18. The van der Waals surface area contributed by atoms with E-state index in [1.54, 1.807) is 29.2 Å². The molecule has 3 rings (SSSR count). The number of anilines is 1. The molecule has 0 radical (unpaired) electrons. The second-order valence-corrected chi connectivity index (χ2v) is 8.06. The van der Waals surface area contributed by atoms with Gasteiger partial charge in [0.05, 0.1) is 4.90 Å². The van der Waals surface area contributed by atoms with Gasteiger partial charge in [-0.15, -0.1) is 0 Å². The fraction of sp³-hybridized carbons (Fsp3) is 0.235. The predicted octanol–water partition coefficient (Wildman–Crippen LogP) is 2.81. The van der Waals surface area contributed by atoms with E-state index in [0.29, 0.717) is 11.6 Å². The van der Waals surface area contributed by atoms with Gasteiger partial charge in [0.2, 0.25) is 15.9 Å². The Bertz CT molecular complexity index is 870. The van der Waals surface area contributed by atoms with Gasteiger partial charge < -0.3 is 4.90 Å². The number of carbonyl (C=O) groups is 1. The molecule has 132 valence electrons. The first-order chi connectivity index (χ1) is 11.8. The normalized spacial score (nSPS) is 17.9. The minimum absolute atomic E-state index is 0.00668. The van der Waals surface area contributed by atoms with E-state index in [-0.39, 0.29) is 29.7 Å². The second kappa shape index (κ2) is 7.11. The van der Waals surface area contributed by atoms with Gasteiger partial charge in [-0.25, -0.2) is 17.5 Å². The molecule has 8 heteroatoms. The molecule has 0 aliphatic carbocycles. The summed E-state index contributed by atoms with van der Waals surface area (Å²) < 4.78 is 39.8. The molecule has 1 amide bonds. The van der Waals surface area contributed by atoms with Crippen LogP contribution in [0.4, 0.5) is 10.1 Å². The number of halogens is 2. The van der Waals surface area contributed by atoms with Crippen molar-refractivity contribution in [1.29, 1.82) is 0 Å². The van der Waals surface area contributed by atoms with Crippen molar-refractivity contribution in [2.45, 2.75) is 11.3 Å². The maximum atomic E-state index is 12.9. The molecule has 1 atom stereocenters. The van der Waals surface area contributed by atoms with E-state index in [1.165, 1.54) is 12.1 Å². The minimum Gasteiger partial charge on any atom is -0.312 e. The number of carbonyl (C=O) groups excluding carboxylic acids is 1. The van der Waals surface area contributed by atoms with Crippen LogP contribution in [0, 0.1) is 11.7 Å². The SMILES string of the molecule is O=C1C[C@H](CNS(=O)(=O)c2ccc(F)cc2)CN1c1ccc(Cl)cc1. The van der Waals surface area contributed by atoms with Crippen LogP contribution in [0.15, 0.2) is 53.4 Å². The number of nitrogens with zero attached hydrogens (tertiary/aromatic N) is 1. The summed E-state index contributed by atoms with van der Waals surface area (Å²) in [5, 5.41) is 0.582. The van der Waals surface area contributed by atoms with Crippen molar-refractivity contribution in [2.75, 3.05) is 18.0 Å². The Hall–Kier alpha value is -1.96. The van der Waals surface area contributed by atoms with Crippen molar-refractivity contribution < 1.29 is 17.6 Å². The lowest BCUT2D eigenvalue weighted by Gasteiger charge is -2.17. The molecule has 5 nitrogen and oxygen atoms in total. The van der Waals surface area contributed by atoms with Crippen LogP contribution < -0.4 is 9.62 Å². The zero-order valence-corrected chi connectivity index (χ0v) is 14.7. The van der Waals surface area contributed by atoms with Gasteiger partial charge in [0.25, 0.3) is 0 Å². The Labute approximate surface area is 150 Å². The van der Waals surface area contributed by atoms with Gasteiger partial charge >= 0.3 is 0 Å². The lowest BCUT2D eigenvalue weighted by Crippen LogP contribution is -2.31. The molecular formula is C17H16ClFN2O3S. The number of hydrogen-bond acceptors (Lipinski definition) is 3. The third-order valence-electron chi connectivity index (χ3n) is 4.03. The fourth-order valence-electron chi connectivity index (χ4n) is 2.71. The topological polar surface area (TPSA) is 66.5 Å². The summed E-state index contributed by atoms with van der Waals surface area (Å²) in [5.41, 5.74) is 0.735.